The third kappa shape index (κ3) is 4.31. The number of carbonyl (C=O) groups excluding carboxylic acids is 1. The lowest BCUT2D eigenvalue weighted by molar-refractivity contribution is -0.119. The van der Waals surface area contributed by atoms with E-state index in [4.69, 9.17) is 15.2 Å². The van der Waals surface area contributed by atoms with E-state index < -0.39 is 0 Å². The van der Waals surface area contributed by atoms with Crippen molar-refractivity contribution in [1.82, 2.24) is 5.32 Å². The normalized spacial score (nSPS) is 15.8. The Labute approximate surface area is 123 Å². The van der Waals surface area contributed by atoms with Gasteiger partial charge in [0.25, 0.3) is 0 Å². The molecule has 1 aliphatic rings. The van der Waals surface area contributed by atoms with Crippen LogP contribution in [0, 0.1) is 0 Å². The summed E-state index contributed by atoms with van der Waals surface area (Å²) < 4.78 is 10.5. The topological polar surface area (TPSA) is 73.6 Å². The molecule has 1 fully saturated rings. The van der Waals surface area contributed by atoms with Gasteiger partial charge in [0.1, 0.15) is 5.75 Å². The van der Waals surface area contributed by atoms with Gasteiger partial charge in [0.15, 0.2) is 0 Å². The highest BCUT2D eigenvalue weighted by molar-refractivity contribution is 8.00. The molecule has 0 bridgehead atoms. The largest absolute Gasteiger partial charge is 0.496 e. The number of hydrogen-bond acceptors (Lipinski definition) is 5. The molecule has 5 nitrogen and oxygen atoms in total. The van der Waals surface area contributed by atoms with Gasteiger partial charge in [0.2, 0.25) is 5.91 Å². The average Bonchev–Trinajstić information content (AvgIpc) is 2.47. The molecule has 1 saturated heterocycles. The number of methoxy groups -OCH3 is 1. The van der Waals surface area contributed by atoms with Gasteiger partial charge in [-0.3, -0.25) is 4.79 Å². The van der Waals surface area contributed by atoms with Gasteiger partial charge in [-0.2, -0.15) is 0 Å². The van der Waals surface area contributed by atoms with Crippen molar-refractivity contribution < 1.29 is 14.3 Å². The van der Waals surface area contributed by atoms with E-state index in [2.05, 4.69) is 5.32 Å². The van der Waals surface area contributed by atoms with E-state index in [0.717, 1.165) is 31.0 Å². The molecule has 1 amide bonds. The summed E-state index contributed by atoms with van der Waals surface area (Å²) in [6.07, 6.45) is 1.78. The van der Waals surface area contributed by atoms with Crippen LogP contribution in [0.1, 0.15) is 12.8 Å². The SMILES string of the molecule is COc1cc(N)ccc1SCC(=O)NC1CCOCC1. The molecule has 1 aromatic carbocycles. The molecule has 110 valence electrons. The number of ether oxygens (including phenoxy) is 2. The molecule has 3 N–H and O–H groups in total. The van der Waals surface area contributed by atoms with E-state index in [0.29, 0.717) is 17.2 Å². The fraction of sp³-hybridized carbons (Fsp3) is 0.500. The minimum absolute atomic E-state index is 0.0424. The van der Waals surface area contributed by atoms with Crippen molar-refractivity contribution in [3.8, 4) is 5.75 Å². The monoisotopic (exact) mass is 296 g/mol. The summed E-state index contributed by atoms with van der Waals surface area (Å²) in [4.78, 5) is 12.8. The molecule has 0 unspecified atom stereocenters. The maximum Gasteiger partial charge on any atom is 0.230 e. The molecule has 1 heterocycles. The lowest BCUT2D eigenvalue weighted by Crippen LogP contribution is -2.39. The van der Waals surface area contributed by atoms with E-state index in [1.165, 1.54) is 11.8 Å². The Bertz CT molecular complexity index is 462. The van der Waals surface area contributed by atoms with Gasteiger partial charge in [-0.05, 0) is 25.0 Å². The molecule has 1 aliphatic heterocycles. The van der Waals surface area contributed by atoms with Gasteiger partial charge in [-0.25, -0.2) is 0 Å². The van der Waals surface area contributed by atoms with E-state index in [1.807, 2.05) is 6.07 Å². The fourth-order valence-corrected chi connectivity index (χ4v) is 2.88. The third-order valence-electron chi connectivity index (χ3n) is 3.13. The lowest BCUT2D eigenvalue weighted by Gasteiger charge is -2.23. The van der Waals surface area contributed by atoms with Crippen LogP contribution in [0.3, 0.4) is 0 Å². The molecule has 0 aliphatic carbocycles. The van der Waals surface area contributed by atoms with E-state index in [1.54, 1.807) is 19.2 Å². The highest BCUT2D eigenvalue weighted by Crippen LogP contribution is 2.30. The Morgan fingerprint density at radius 2 is 2.25 bits per heavy atom. The van der Waals surface area contributed by atoms with Crippen molar-refractivity contribution in [2.75, 3.05) is 31.8 Å². The number of nitrogen functional groups attached to an aromatic ring is 1. The first kappa shape index (κ1) is 15.0. The summed E-state index contributed by atoms with van der Waals surface area (Å²) in [5, 5.41) is 3.03. The van der Waals surface area contributed by atoms with Crippen molar-refractivity contribution in [2.45, 2.75) is 23.8 Å². The molecule has 0 spiro atoms. The number of benzene rings is 1. The molecule has 0 radical (unpaired) electrons. The first-order valence-corrected chi connectivity index (χ1v) is 7.61. The minimum atomic E-state index is 0.0424. The first-order chi connectivity index (χ1) is 9.69. The maximum atomic E-state index is 11.9. The van der Waals surface area contributed by atoms with Crippen LogP contribution in [-0.2, 0) is 9.53 Å². The summed E-state index contributed by atoms with van der Waals surface area (Å²) >= 11 is 1.45. The second-order valence-corrected chi connectivity index (χ2v) is 5.67. The summed E-state index contributed by atoms with van der Waals surface area (Å²) in [5.74, 6) is 1.12. The molecular weight excluding hydrogens is 276 g/mol. The van der Waals surface area contributed by atoms with Crippen LogP contribution in [0.2, 0.25) is 0 Å². The number of hydrogen-bond donors (Lipinski definition) is 2. The zero-order valence-corrected chi connectivity index (χ0v) is 12.4. The fourth-order valence-electron chi connectivity index (χ4n) is 2.06. The number of thioether (sulfide) groups is 1. The Hall–Kier alpha value is -1.40. The average molecular weight is 296 g/mol. The summed E-state index contributed by atoms with van der Waals surface area (Å²) in [6, 6.07) is 5.69. The number of nitrogens with one attached hydrogen (secondary N) is 1. The van der Waals surface area contributed by atoms with Gasteiger partial charge in [0.05, 0.1) is 12.9 Å². The van der Waals surface area contributed by atoms with E-state index in [9.17, 15) is 4.79 Å². The van der Waals surface area contributed by atoms with E-state index in [-0.39, 0.29) is 11.9 Å². The standard InChI is InChI=1S/C14H20N2O3S/c1-18-12-8-10(15)2-3-13(12)20-9-14(17)16-11-4-6-19-7-5-11/h2-3,8,11H,4-7,9,15H2,1H3,(H,16,17). The van der Waals surface area contributed by atoms with Crippen molar-refractivity contribution in [2.24, 2.45) is 0 Å². The quantitative estimate of drug-likeness (QED) is 0.638. The molecule has 20 heavy (non-hydrogen) atoms. The lowest BCUT2D eigenvalue weighted by atomic mass is 10.1. The second-order valence-electron chi connectivity index (χ2n) is 4.65. The van der Waals surface area contributed by atoms with Crippen molar-refractivity contribution in [3.63, 3.8) is 0 Å². The molecular formula is C14H20N2O3S. The Morgan fingerprint density at radius 1 is 1.50 bits per heavy atom. The first-order valence-electron chi connectivity index (χ1n) is 6.62. The third-order valence-corrected chi connectivity index (χ3v) is 4.19. The Balaban J connectivity index is 1.83. The summed E-state index contributed by atoms with van der Waals surface area (Å²) in [5.41, 5.74) is 6.35. The van der Waals surface area contributed by atoms with Gasteiger partial charge in [0, 0.05) is 35.9 Å². The van der Waals surface area contributed by atoms with Crippen molar-refractivity contribution in [3.05, 3.63) is 18.2 Å². The van der Waals surface area contributed by atoms with Gasteiger partial charge in [-0.15, -0.1) is 11.8 Å². The van der Waals surface area contributed by atoms with Crippen molar-refractivity contribution >= 4 is 23.4 Å². The molecule has 2 rings (SSSR count). The predicted molar refractivity (Wildman–Crippen MR) is 80.1 cm³/mol. The zero-order chi connectivity index (χ0) is 14.4. The van der Waals surface area contributed by atoms with Crippen LogP contribution < -0.4 is 15.8 Å². The van der Waals surface area contributed by atoms with Crippen LogP contribution in [0.4, 0.5) is 5.69 Å². The summed E-state index contributed by atoms with van der Waals surface area (Å²) in [7, 11) is 1.60. The van der Waals surface area contributed by atoms with Crippen LogP contribution in [-0.4, -0.2) is 38.0 Å². The molecule has 0 atom stereocenters. The molecule has 6 heteroatoms. The smallest absolute Gasteiger partial charge is 0.230 e. The Kier molecular flexibility index (Phi) is 5.55. The van der Waals surface area contributed by atoms with Gasteiger partial charge in [-0.1, -0.05) is 0 Å². The molecule has 0 saturated carbocycles. The number of amides is 1. The Morgan fingerprint density at radius 3 is 2.95 bits per heavy atom. The van der Waals surface area contributed by atoms with Crippen LogP contribution in [0.15, 0.2) is 23.1 Å². The van der Waals surface area contributed by atoms with Crippen LogP contribution in [0.5, 0.6) is 5.75 Å². The highest BCUT2D eigenvalue weighted by Gasteiger charge is 2.16. The molecule has 0 aromatic heterocycles. The van der Waals surface area contributed by atoms with Gasteiger partial charge < -0.3 is 20.5 Å². The highest BCUT2D eigenvalue weighted by atomic mass is 32.2. The number of anilines is 1. The van der Waals surface area contributed by atoms with Gasteiger partial charge >= 0.3 is 0 Å². The van der Waals surface area contributed by atoms with Crippen molar-refractivity contribution in [1.29, 1.82) is 0 Å². The van der Waals surface area contributed by atoms with Crippen LogP contribution in [0.25, 0.3) is 0 Å². The number of nitrogens with two attached hydrogens (primary N) is 1. The maximum absolute atomic E-state index is 11.9. The number of carbonyl (C=O) groups is 1. The number of rotatable bonds is 5. The minimum Gasteiger partial charge on any atom is -0.496 e. The second kappa shape index (κ2) is 7.40. The van der Waals surface area contributed by atoms with Crippen LogP contribution >= 0.6 is 11.8 Å². The summed E-state index contributed by atoms with van der Waals surface area (Å²) in [6.45, 7) is 1.45. The molecule has 1 aromatic rings. The predicted octanol–water partition coefficient (Wildman–Crippen LogP) is 1.66. The zero-order valence-electron chi connectivity index (χ0n) is 11.6. The van der Waals surface area contributed by atoms with E-state index >= 15 is 0 Å².